The molecule has 1 aromatic heterocycles. The Morgan fingerprint density at radius 3 is 2.74 bits per heavy atom. The number of benzene rings is 1. The van der Waals surface area contributed by atoms with Gasteiger partial charge in [-0.2, -0.15) is 0 Å². The van der Waals surface area contributed by atoms with Crippen molar-refractivity contribution in [3.05, 3.63) is 62.9 Å². The Bertz CT molecular complexity index is 1150. The third-order valence-corrected chi connectivity index (χ3v) is 7.78. The fourth-order valence-corrected chi connectivity index (χ4v) is 5.74. The van der Waals surface area contributed by atoms with Crippen LogP contribution in [0, 0.1) is 6.92 Å². The maximum absolute atomic E-state index is 13.6. The molecule has 0 radical (unpaired) electrons. The van der Waals surface area contributed by atoms with Crippen LogP contribution in [0.1, 0.15) is 32.1 Å². The fraction of sp³-hybridized carbons (Fsp3) is 0.476. The average Bonchev–Trinajstić information content (AvgIpc) is 3.16. The Labute approximate surface area is 209 Å². The number of alkyl halides is 1. The molecule has 3 rings (SSSR count). The van der Waals surface area contributed by atoms with E-state index in [0.29, 0.717) is 17.7 Å². The number of carbonyl (C=O) groups excluding carboxylic acids is 1. The fourth-order valence-electron chi connectivity index (χ4n) is 3.25. The van der Waals surface area contributed by atoms with Gasteiger partial charge in [-0.15, -0.1) is 0 Å². The summed E-state index contributed by atoms with van der Waals surface area (Å²) in [5, 5.41) is 2.71. The highest BCUT2D eigenvalue weighted by Gasteiger charge is 2.39. The molecule has 1 saturated heterocycles. The molecule has 2 N–H and O–H groups in total. The predicted octanol–water partition coefficient (Wildman–Crippen LogP) is 2.68. The number of ether oxygens (including phenoxy) is 3. The number of nitrogens with one attached hydrogen (secondary N) is 2. The average molecular weight is 607 g/mol. The van der Waals surface area contributed by atoms with Gasteiger partial charge in [-0.1, -0.05) is 40.8 Å². The maximum atomic E-state index is 13.6. The van der Waals surface area contributed by atoms with Gasteiger partial charge in [-0.3, -0.25) is 23.7 Å². The molecule has 0 bridgehead atoms. The van der Waals surface area contributed by atoms with Gasteiger partial charge in [-0.05, 0) is 32.9 Å². The Balaban J connectivity index is 1.73. The molecule has 1 unspecified atom stereocenters. The van der Waals surface area contributed by atoms with Crippen LogP contribution in [-0.2, 0) is 23.6 Å². The Kier molecular flexibility index (Phi) is 9.10. The van der Waals surface area contributed by atoms with Crippen molar-refractivity contribution in [2.45, 2.75) is 49.7 Å². The molecule has 2 aromatic rings. The van der Waals surface area contributed by atoms with E-state index in [9.17, 15) is 18.9 Å². The predicted molar refractivity (Wildman–Crippen MR) is 132 cm³/mol. The number of aromatic nitrogens is 2. The van der Waals surface area contributed by atoms with E-state index in [-0.39, 0.29) is 10.5 Å². The van der Waals surface area contributed by atoms with Gasteiger partial charge in [0.25, 0.3) is 5.56 Å². The summed E-state index contributed by atoms with van der Waals surface area (Å²) in [6.45, 7) is 4.97. The van der Waals surface area contributed by atoms with Crippen molar-refractivity contribution in [2.75, 3.05) is 13.0 Å². The maximum Gasteiger partial charge on any atom is 0.342 e. The molecule has 1 fully saturated rings. The molecule has 186 valence electrons. The van der Waals surface area contributed by atoms with Gasteiger partial charge in [0, 0.05) is 18.2 Å². The molecule has 34 heavy (non-hydrogen) atoms. The van der Waals surface area contributed by atoms with E-state index in [1.54, 1.807) is 44.2 Å². The summed E-state index contributed by atoms with van der Waals surface area (Å²) in [6, 6.07) is 7.61. The normalized spacial score (nSPS) is 22.6. The minimum Gasteiger partial charge on any atom is -0.465 e. The lowest BCUT2D eigenvalue weighted by molar-refractivity contribution is -0.144. The van der Waals surface area contributed by atoms with Gasteiger partial charge >= 0.3 is 19.2 Å². The second-order valence-electron chi connectivity index (χ2n) is 7.67. The van der Waals surface area contributed by atoms with Crippen LogP contribution in [0.2, 0.25) is 0 Å². The summed E-state index contributed by atoms with van der Waals surface area (Å²) in [5.41, 5.74) is -0.679. The Morgan fingerprint density at radius 1 is 1.35 bits per heavy atom. The molecule has 1 aliphatic heterocycles. The van der Waals surface area contributed by atoms with Gasteiger partial charge in [-0.25, -0.2) is 9.88 Å². The van der Waals surface area contributed by atoms with Crippen LogP contribution in [0.25, 0.3) is 0 Å². The number of aryl methyl sites for hydroxylation is 1. The number of aromatic amines is 1. The third kappa shape index (κ3) is 6.79. The topological polar surface area (TPSA) is 138 Å². The molecule has 2 heterocycles. The molecule has 0 aliphatic carbocycles. The molecule has 0 saturated carbocycles. The first-order valence-electron chi connectivity index (χ1n) is 10.6. The number of halogens is 1. The largest absolute Gasteiger partial charge is 0.465 e. The van der Waals surface area contributed by atoms with E-state index in [0.717, 1.165) is 0 Å². The van der Waals surface area contributed by atoms with E-state index in [1.165, 1.54) is 17.7 Å². The minimum absolute atomic E-state index is 0.183. The van der Waals surface area contributed by atoms with E-state index < -0.39 is 49.6 Å². The van der Waals surface area contributed by atoms with E-state index in [1.807, 2.05) is 0 Å². The Hall–Kier alpha value is -1.99. The number of nitrogens with zero attached hydrogens (tertiary/aromatic N) is 1. The highest BCUT2D eigenvalue weighted by Crippen LogP contribution is 2.45. The zero-order chi connectivity index (χ0) is 24.9. The molecule has 5 atom stereocenters. The van der Waals surface area contributed by atoms with Crippen molar-refractivity contribution in [3.8, 4) is 5.75 Å². The summed E-state index contributed by atoms with van der Waals surface area (Å²) in [6.07, 6.45) is -0.0217. The molecule has 1 aromatic carbocycles. The highest BCUT2D eigenvalue weighted by molar-refractivity contribution is 14.1. The monoisotopic (exact) mass is 607 g/mol. The summed E-state index contributed by atoms with van der Waals surface area (Å²) < 4.78 is 37.2. The quantitative estimate of drug-likeness (QED) is 0.181. The number of hydrogen-bond donors (Lipinski definition) is 2. The highest BCUT2D eigenvalue weighted by atomic mass is 127. The lowest BCUT2D eigenvalue weighted by Gasteiger charge is -2.25. The van der Waals surface area contributed by atoms with Crippen molar-refractivity contribution >= 4 is 36.1 Å². The van der Waals surface area contributed by atoms with Gasteiger partial charge in [0.05, 0.1) is 10.5 Å². The molecular formula is C21H27IN3O8P. The second-order valence-corrected chi connectivity index (χ2v) is 11.3. The molecule has 1 aliphatic rings. The zero-order valence-electron chi connectivity index (χ0n) is 18.9. The van der Waals surface area contributed by atoms with Crippen molar-refractivity contribution in [1.29, 1.82) is 0 Å². The number of carbonyl (C=O) groups is 1. The van der Waals surface area contributed by atoms with Gasteiger partial charge in [0.1, 0.15) is 18.0 Å². The molecule has 11 nitrogen and oxygen atoms in total. The van der Waals surface area contributed by atoms with E-state index in [4.69, 9.17) is 18.7 Å². The summed E-state index contributed by atoms with van der Waals surface area (Å²) >= 11 is 2.12. The van der Waals surface area contributed by atoms with Gasteiger partial charge < -0.3 is 18.7 Å². The van der Waals surface area contributed by atoms with Crippen LogP contribution in [0.4, 0.5) is 0 Å². The number of rotatable bonds is 10. The first kappa shape index (κ1) is 26.6. The van der Waals surface area contributed by atoms with Crippen LogP contribution in [0.15, 0.2) is 46.1 Å². The Morgan fingerprint density at radius 2 is 2.06 bits per heavy atom. The van der Waals surface area contributed by atoms with Crippen LogP contribution >= 0.6 is 30.1 Å². The standard InChI is InChI=1S/C21H27IN3O8P/c1-4-30-19(27)14(3)24-34(29,33-15-8-6-5-7-9-15)12-31-20-16(22)10-17(32-20)25-11-13(2)18(26)23-21(25)28/h5-9,11,14,16-17,20H,4,10,12H2,1-3H3,(H,24,29)(H,23,26,28)/t14-,16-,17-,20+,34?/m0/s1. The van der Waals surface area contributed by atoms with Crippen LogP contribution in [0.5, 0.6) is 5.75 Å². The lowest BCUT2D eigenvalue weighted by atomic mass is 10.3. The van der Waals surface area contributed by atoms with E-state index in [2.05, 4.69) is 32.7 Å². The number of esters is 1. The van der Waals surface area contributed by atoms with Crippen LogP contribution < -0.4 is 20.9 Å². The van der Waals surface area contributed by atoms with Gasteiger partial charge in [0.2, 0.25) is 0 Å². The summed E-state index contributed by atoms with van der Waals surface area (Å²) in [7, 11) is -3.74. The molecule has 0 amide bonds. The zero-order valence-corrected chi connectivity index (χ0v) is 22.0. The molecular weight excluding hydrogens is 580 g/mol. The number of hydrogen-bond acceptors (Lipinski definition) is 8. The third-order valence-electron chi connectivity index (χ3n) is 4.90. The van der Waals surface area contributed by atoms with Crippen molar-refractivity contribution < 1.29 is 28.1 Å². The SMILES string of the molecule is CCOC(=O)[C@H](C)NP(=O)(CO[C@@H]1O[C@H](n2cc(C)c(=O)[nH]c2=O)C[C@@H]1I)Oc1ccccc1. The summed E-state index contributed by atoms with van der Waals surface area (Å²) in [4.78, 5) is 38.2. The summed E-state index contributed by atoms with van der Waals surface area (Å²) in [5.74, 6) is -0.236. The molecule has 0 spiro atoms. The van der Waals surface area contributed by atoms with E-state index >= 15 is 0 Å². The number of para-hydroxylation sites is 1. The second kappa shape index (κ2) is 11.6. The van der Waals surface area contributed by atoms with Crippen molar-refractivity contribution in [2.24, 2.45) is 0 Å². The lowest BCUT2D eigenvalue weighted by Crippen LogP contribution is -2.36. The van der Waals surface area contributed by atoms with Crippen LogP contribution in [0.3, 0.4) is 0 Å². The van der Waals surface area contributed by atoms with Crippen molar-refractivity contribution in [3.63, 3.8) is 0 Å². The first-order valence-corrected chi connectivity index (χ1v) is 13.7. The van der Waals surface area contributed by atoms with Gasteiger partial charge in [0.15, 0.2) is 12.6 Å². The number of H-pyrrole nitrogens is 1. The first-order chi connectivity index (χ1) is 16.1. The minimum atomic E-state index is -3.74. The molecule has 13 heteroatoms. The smallest absolute Gasteiger partial charge is 0.342 e. The van der Waals surface area contributed by atoms with Crippen molar-refractivity contribution in [1.82, 2.24) is 14.6 Å². The van der Waals surface area contributed by atoms with Crippen LogP contribution in [-0.4, -0.2) is 44.7 Å².